The predicted octanol–water partition coefficient (Wildman–Crippen LogP) is 1.15. The van der Waals surface area contributed by atoms with E-state index >= 15 is 0 Å². The fraction of sp³-hybridized carbons (Fsp3) is 0.533. The van der Waals surface area contributed by atoms with Crippen molar-refractivity contribution in [3.8, 4) is 0 Å². The normalized spacial score (nSPS) is 16.4. The zero-order chi connectivity index (χ0) is 14.8. The third-order valence-corrected chi connectivity index (χ3v) is 3.97. The third kappa shape index (κ3) is 3.21. The van der Waals surface area contributed by atoms with Gasteiger partial charge in [-0.3, -0.25) is 9.58 Å². The van der Waals surface area contributed by atoms with Crippen LogP contribution in [0.2, 0.25) is 0 Å². The first-order valence-corrected chi connectivity index (χ1v) is 7.38. The van der Waals surface area contributed by atoms with Crippen LogP contribution in [0, 0.1) is 13.8 Å². The minimum Gasteiger partial charge on any atom is -0.354 e. The predicted molar refractivity (Wildman–Crippen MR) is 82.2 cm³/mol. The van der Waals surface area contributed by atoms with Crippen molar-refractivity contribution >= 4 is 5.82 Å². The second-order valence-electron chi connectivity index (χ2n) is 5.64. The summed E-state index contributed by atoms with van der Waals surface area (Å²) >= 11 is 0. The second kappa shape index (κ2) is 5.81. The Bertz CT molecular complexity index is 612. The van der Waals surface area contributed by atoms with E-state index in [1.54, 1.807) is 0 Å². The number of rotatable bonds is 3. The van der Waals surface area contributed by atoms with Gasteiger partial charge < -0.3 is 4.90 Å². The molecule has 1 saturated heterocycles. The van der Waals surface area contributed by atoms with E-state index in [9.17, 15) is 0 Å². The smallest absolute Gasteiger partial charge is 0.132 e. The largest absolute Gasteiger partial charge is 0.354 e. The first kappa shape index (κ1) is 14.0. The molecule has 0 aliphatic carbocycles. The molecule has 3 rings (SSSR count). The van der Waals surface area contributed by atoms with Crippen LogP contribution in [0.1, 0.15) is 17.1 Å². The van der Waals surface area contributed by atoms with Crippen LogP contribution in [-0.2, 0) is 13.6 Å². The summed E-state index contributed by atoms with van der Waals surface area (Å²) in [5.74, 6) is 1.88. The summed E-state index contributed by atoms with van der Waals surface area (Å²) in [6.45, 7) is 9.12. The van der Waals surface area contributed by atoms with E-state index in [2.05, 4.69) is 38.0 Å². The van der Waals surface area contributed by atoms with Crippen LogP contribution in [0.4, 0.5) is 5.82 Å². The Labute approximate surface area is 125 Å². The molecule has 2 aromatic heterocycles. The molecule has 0 aromatic carbocycles. The van der Waals surface area contributed by atoms with Gasteiger partial charge in [-0.15, -0.1) is 0 Å². The summed E-state index contributed by atoms with van der Waals surface area (Å²) in [5, 5.41) is 4.41. The average Bonchev–Trinajstić information content (AvgIpc) is 2.78. The van der Waals surface area contributed by atoms with Gasteiger partial charge in [-0.1, -0.05) is 0 Å². The number of aryl methyl sites for hydroxylation is 3. The number of nitrogens with zero attached hydrogens (tertiary/aromatic N) is 6. The molecule has 6 heteroatoms. The lowest BCUT2D eigenvalue weighted by Crippen LogP contribution is -2.46. The van der Waals surface area contributed by atoms with Gasteiger partial charge in [-0.05, 0) is 19.9 Å². The van der Waals surface area contributed by atoms with Crippen molar-refractivity contribution < 1.29 is 0 Å². The van der Waals surface area contributed by atoms with Gasteiger partial charge in [0, 0.05) is 57.7 Å². The Morgan fingerprint density at radius 3 is 2.52 bits per heavy atom. The second-order valence-corrected chi connectivity index (χ2v) is 5.64. The van der Waals surface area contributed by atoms with Crippen LogP contribution in [0.5, 0.6) is 0 Å². The molecule has 0 amide bonds. The highest BCUT2D eigenvalue weighted by molar-refractivity contribution is 5.38. The van der Waals surface area contributed by atoms with Gasteiger partial charge >= 0.3 is 0 Å². The standard InChI is InChI=1S/C15H22N6/c1-12-14(10-19(3)18-12)11-20-6-8-21(9-7-20)15-4-5-16-13(2)17-15/h4-5,10H,6-9,11H2,1-3H3. The Hall–Kier alpha value is -1.95. The van der Waals surface area contributed by atoms with Crippen molar-refractivity contribution in [2.45, 2.75) is 20.4 Å². The highest BCUT2D eigenvalue weighted by Crippen LogP contribution is 2.15. The van der Waals surface area contributed by atoms with Crippen LogP contribution < -0.4 is 4.90 Å². The Morgan fingerprint density at radius 2 is 1.90 bits per heavy atom. The number of piperazine rings is 1. The molecular formula is C15H22N6. The summed E-state index contributed by atoms with van der Waals surface area (Å²) in [6, 6.07) is 1.99. The molecule has 0 saturated carbocycles. The van der Waals surface area contributed by atoms with Crippen molar-refractivity contribution in [1.82, 2.24) is 24.6 Å². The molecule has 0 unspecified atom stereocenters. The summed E-state index contributed by atoms with van der Waals surface area (Å²) in [4.78, 5) is 13.5. The number of hydrogen-bond acceptors (Lipinski definition) is 5. The maximum absolute atomic E-state index is 4.51. The van der Waals surface area contributed by atoms with Crippen molar-refractivity contribution in [2.24, 2.45) is 7.05 Å². The molecule has 1 aliphatic heterocycles. The monoisotopic (exact) mass is 286 g/mol. The average molecular weight is 286 g/mol. The lowest BCUT2D eigenvalue weighted by atomic mass is 10.2. The highest BCUT2D eigenvalue weighted by atomic mass is 15.3. The number of anilines is 1. The van der Waals surface area contributed by atoms with Gasteiger partial charge in [0.25, 0.3) is 0 Å². The van der Waals surface area contributed by atoms with Gasteiger partial charge in [0.2, 0.25) is 0 Å². The van der Waals surface area contributed by atoms with Gasteiger partial charge in [0.15, 0.2) is 0 Å². The molecule has 112 valence electrons. The molecule has 0 radical (unpaired) electrons. The summed E-state index contributed by atoms with van der Waals surface area (Å²) in [5.41, 5.74) is 2.45. The quantitative estimate of drug-likeness (QED) is 0.847. The molecular weight excluding hydrogens is 264 g/mol. The fourth-order valence-corrected chi connectivity index (χ4v) is 2.80. The van der Waals surface area contributed by atoms with Crippen molar-refractivity contribution in [2.75, 3.05) is 31.1 Å². The third-order valence-electron chi connectivity index (χ3n) is 3.97. The van der Waals surface area contributed by atoms with Crippen molar-refractivity contribution in [3.63, 3.8) is 0 Å². The van der Waals surface area contributed by atoms with E-state index in [4.69, 9.17) is 0 Å². The lowest BCUT2D eigenvalue weighted by molar-refractivity contribution is 0.249. The fourth-order valence-electron chi connectivity index (χ4n) is 2.80. The summed E-state index contributed by atoms with van der Waals surface area (Å²) < 4.78 is 1.89. The topological polar surface area (TPSA) is 50.1 Å². The molecule has 0 N–H and O–H groups in total. The van der Waals surface area contributed by atoms with E-state index in [1.807, 2.05) is 30.9 Å². The van der Waals surface area contributed by atoms with E-state index in [0.29, 0.717) is 0 Å². The molecule has 21 heavy (non-hydrogen) atoms. The molecule has 0 atom stereocenters. The summed E-state index contributed by atoms with van der Waals surface area (Å²) in [7, 11) is 1.98. The molecule has 2 aromatic rings. The minimum atomic E-state index is 0.834. The van der Waals surface area contributed by atoms with E-state index in [1.165, 1.54) is 5.56 Å². The molecule has 3 heterocycles. The van der Waals surface area contributed by atoms with Crippen molar-refractivity contribution in [1.29, 1.82) is 0 Å². The van der Waals surface area contributed by atoms with Gasteiger partial charge in [0.05, 0.1) is 5.69 Å². The molecule has 6 nitrogen and oxygen atoms in total. The van der Waals surface area contributed by atoms with Crippen LogP contribution in [0.25, 0.3) is 0 Å². The molecule has 1 aliphatic rings. The zero-order valence-corrected chi connectivity index (χ0v) is 13.0. The van der Waals surface area contributed by atoms with E-state index in [-0.39, 0.29) is 0 Å². The first-order chi connectivity index (χ1) is 10.1. The van der Waals surface area contributed by atoms with Gasteiger partial charge in [0.1, 0.15) is 11.6 Å². The Kier molecular flexibility index (Phi) is 3.88. The van der Waals surface area contributed by atoms with Gasteiger partial charge in [-0.2, -0.15) is 5.10 Å². The minimum absolute atomic E-state index is 0.834. The maximum atomic E-state index is 4.51. The van der Waals surface area contributed by atoms with Crippen LogP contribution in [0.3, 0.4) is 0 Å². The molecule has 0 spiro atoms. The SMILES string of the molecule is Cc1nccc(N2CCN(Cc3cn(C)nc3C)CC2)n1. The Morgan fingerprint density at radius 1 is 1.14 bits per heavy atom. The van der Waals surface area contributed by atoms with Crippen LogP contribution >= 0.6 is 0 Å². The number of aromatic nitrogens is 4. The lowest BCUT2D eigenvalue weighted by Gasteiger charge is -2.35. The summed E-state index contributed by atoms with van der Waals surface area (Å²) in [6.07, 6.45) is 3.96. The zero-order valence-electron chi connectivity index (χ0n) is 13.0. The molecule has 0 bridgehead atoms. The highest BCUT2D eigenvalue weighted by Gasteiger charge is 2.19. The van der Waals surface area contributed by atoms with Crippen LogP contribution in [0.15, 0.2) is 18.5 Å². The van der Waals surface area contributed by atoms with Gasteiger partial charge in [-0.25, -0.2) is 9.97 Å². The van der Waals surface area contributed by atoms with Crippen molar-refractivity contribution in [3.05, 3.63) is 35.5 Å². The number of hydrogen-bond donors (Lipinski definition) is 0. The Balaban J connectivity index is 1.59. The van der Waals surface area contributed by atoms with E-state index in [0.717, 1.165) is 50.1 Å². The molecule has 1 fully saturated rings. The maximum Gasteiger partial charge on any atom is 0.132 e. The van der Waals surface area contributed by atoms with Crippen LogP contribution in [-0.4, -0.2) is 50.8 Å². The van der Waals surface area contributed by atoms with E-state index < -0.39 is 0 Å². The first-order valence-electron chi connectivity index (χ1n) is 7.38.